The molecule has 2 unspecified atom stereocenters. The van der Waals surface area contributed by atoms with E-state index in [1.807, 2.05) is 18.2 Å². The highest BCUT2D eigenvalue weighted by Crippen LogP contribution is 2.18. The average molecular weight is 300 g/mol. The van der Waals surface area contributed by atoms with Crippen LogP contribution in [0.15, 0.2) is 30.3 Å². The lowest BCUT2D eigenvalue weighted by Crippen LogP contribution is -2.44. The molecule has 5 nitrogen and oxygen atoms in total. The minimum absolute atomic E-state index is 0.0152. The number of aliphatic hydroxyl groups excluding tert-OH is 1. The molecule has 0 aromatic heterocycles. The molecule has 1 saturated carbocycles. The molecule has 2 atom stereocenters. The fraction of sp³-hybridized carbons (Fsp3) is 0.412. The highest BCUT2D eigenvalue weighted by molar-refractivity contribution is 5.91. The van der Waals surface area contributed by atoms with Crippen LogP contribution in [0.25, 0.3) is 6.08 Å². The Balaban J connectivity index is 1.85. The number of aliphatic hydroxyl groups is 1. The van der Waals surface area contributed by atoms with Crippen molar-refractivity contribution in [3.05, 3.63) is 35.9 Å². The van der Waals surface area contributed by atoms with Gasteiger partial charge in [-0.25, -0.2) is 0 Å². The second-order valence-electron chi connectivity index (χ2n) is 5.32. The van der Waals surface area contributed by atoms with Crippen molar-refractivity contribution in [1.29, 1.82) is 5.26 Å². The molecular formula is C17H20N2O3. The summed E-state index contributed by atoms with van der Waals surface area (Å²) in [6.07, 6.45) is 6.36. The fourth-order valence-electron chi connectivity index (χ4n) is 2.47. The molecule has 0 aliphatic heterocycles. The normalized spacial score (nSPS) is 21.3. The highest BCUT2D eigenvalue weighted by Gasteiger charge is 2.23. The van der Waals surface area contributed by atoms with Crippen molar-refractivity contribution in [1.82, 2.24) is 5.32 Å². The van der Waals surface area contributed by atoms with Gasteiger partial charge in [0.15, 0.2) is 6.61 Å². The molecule has 1 aromatic rings. The Morgan fingerprint density at radius 2 is 2.09 bits per heavy atom. The topological polar surface area (TPSA) is 82.3 Å². The number of nitrogens with one attached hydrogen (secondary N) is 1. The maximum absolute atomic E-state index is 11.9. The minimum atomic E-state index is -0.442. The third kappa shape index (κ3) is 4.90. The Morgan fingerprint density at radius 3 is 2.77 bits per heavy atom. The van der Waals surface area contributed by atoms with E-state index < -0.39 is 6.10 Å². The number of amides is 1. The fourth-order valence-corrected chi connectivity index (χ4v) is 2.47. The van der Waals surface area contributed by atoms with E-state index in [-0.39, 0.29) is 18.6 Å². The number of carbonyl (C=O) groups is 1. The van der Waals surface area contributed by atoms with E-state index in [4.69, 9.17) is 10.00 Å². The molecule has 0 bridgehead atoms. The van der Waals surface area contributed by atoms with Gasteiger partial charge < -0.3 is 15.2 Å². The van der Waals surface area contributed by atoms with Gasteiger partial charge >= 0.3 is 0 Å². The summed E-state index contributed by atoms with van der Waals surface area (Å²) in [7, 11) is 0. The smallest absolute Gasteiger partial charge is 0.244 e. The minimum Gasteiger partial charge on any atom is -0.479 e. The Kier molecular flexibility index (Phi) is 5.99. The van der Waals surface area contributed by atoms with E-state index in [0.29, 0.717) is 5.75 Å². The predicted molar refractivity (Wildman–Crippen MR) is 83.0 cm³/mol. The zero-order valence-electron chi connectivity index (χ0n) is 12.4. The van der Waals surface area contributed by atoms with E-state index in [0.717, 1.165) is 31.2 Å². The Morgan fingerprint density at radius 1 is 1.36 bits per heavy atom. The first kappa shape index (κ1) is 16.1. The van der Waals surface area contributed by atoms with Crippen LogP contribution in [0.2, 0.25) is 0 Å². The van der Waals surface area contributed by atoms with Crippen molar-refractivity contribution in [3.63, 3.8) is 0 Å². The quantitative estimate of drug-likeness (QED) is 0.815. The standard InChI is InChI=1S/C17H20N2O3/c18-11-12-22-14-8-5-13(6-9-14)7-10-17(21)19-15-3-1-2-4-16(15)20/h5-10,15-16,20H,1-4,12H2,(H,19,21)/b10-7+. The van der Waals surface area contributed by atoms with E-state index in [9.17, 15) is 9.90 Å². The Bertz CT molecular complexity index is 560. The molecule has 22 heavy (non-hydrogen) atoms. The Hall–Kier alpha value is -2.32. The second-order valence-corrected chi connectivity index (χ2v) is 5.32. The maximum Gasteiger partial charge on any atom is 0.244 e. The van der Waals surface area contributed by atoms with Crippen LogP contribution in [0.5, 0.6) is 5.75 Å². The highest BCUT2D eigenvalue weighted by atomic mass is 16.5. The van der Waals surface area contributed by atoms with Gasteiger partial charge in [-0.15, -0.1) is 0 Å². The summed E-state index contributed by atoms with van der Waals surface area (Å²) in [5.41, 5.74) is 0.864. The van der Waals surface area contributed by atoms with Crippen LogP contribution >= 0.6 is 0 Å². The van der Waals surface area contributed by atoms with Crippen LogP contribution in [0.4, 0.5) is 0 Å². The number of ether oxygens (including phenoxy) is 1. The van der Waals surface area contributed by atoms with E-state index in [2.05, 4.69) is 5.32 Å². The molecule has 1 amide bonds. The molecule has 0 radical (unpaired) electrons. The molecule has 0 heterocycles. The van der Waals surface area contributed by atoms with E-state index >= 15 is 0 Å². The molecule has 116 valence electrons. The van der Waals surface area contributed by atoms with Gasteiger partial charge in [0.05, 0.1) is 12.1 Å². The summed E-state index contributed by atoms with van der Waals surface area (Å²) in [5, 5.41) is 21.1. The molecule has 1 fully saturated rings. The van der Waals surface area contributed by atoms with Crippen LogP contribution in [0, 0.1) is 11.3 Å². The van der Waals surface area contributed by atoms with Crippen molar-refractivity contribution in [2.75, 3.05) is 6.61 Å². The number of hydrogen-bond acceptors (Lipinski definition) is 4. The monoisotopic (exact) mass is 300 g/mol. The summed E-state index contributed by atoms with van der Waals surface area (Å²) < 4.78 is 5.16. The van der Waals surface area contributed by atoms with Crippen molar-refractivity contribution in [2.24, 2.45) is 0 Å². The molecule has 0 saturated heterocycles. The summed E-state index contributed by atoms with van der Waals surface area (Å²) in [6, 6.07) is 8.88. The second kappa shape index (κ2) is 8.20. The molecule has 5 heteroatoms. The molecule has 1 aliphatic carbocycles. The van der Waals surface area contributed by atoms with Gasteiger partial charge in [0.25, 0.3) is 0 Å². The third-order valence-corrected chi connectivity index (χ3v) is 3.67. The number of nitrogens with zero attached hydrogens (tertiary/aromatic N) is 1. The number of hydrogen-bond donors (Lipinski definition) is 2. The molecule has 0 spiro atoms. The summed E-state index contributed by atoms with van der Waals surface area (Å²) in [4.78, 5) is 11.9. The van der Waals surface area contributed by atoms with Crippen LogP contribution in [-0.2, 0) is 4.79 Å². The number of carbonyl (C=O) groups excluding carboxylic acids is 1. The summed E-state index contributed by atoms with van der Waals surface area (Å²) in [5.74, 6) is 0.421. The molecule has 1 aromatic carbocycles. The number of rotatable bonds is 5. The zero-order valence-corrected chi connectivity index (χ0v) is 12.4. The molecule has 1 aliphatic rings. The van der Waals surface area contributed by atoms with Gasteiger partial charge in [-0.1, -0.05) is 25.0 Å². The zero-order chi connectivity index (χ0) is 15.8. The maximum atomic E-state index is 11.9. The first-order chi connectivity index (χ1) is 10.7. The van der Waals surface area contributed by atoms with Crippen LogP contribution in [0.1, 0.15) is 31.2 Å². The molecule has 2 N–H and O–H groups in total. The Labute approximate surface area is 130 Å². The van der Waals surface area contributed by atoms with Crippen LogP contribution in [0.3, 0.4) is 0 Å². The van der Waals surface area contributed by atoms with Crippen molar-refractivity contribution < 1.29 is 14.6 Å². The SMILES string of the molecule is N#CCOc1ccc(/C=C/C(=O)NC2CCCCC2O)cc1. The number of nitriles is 1. The summed E-state index contributed by atoms with van der Waals surface area (Å²) >= 11 is 0. The summed E-state index contributed by atoms with van der Waals surface area (Å²) in [6.45, 7) is 0.0152. The van der Waals surface area contributed by atoms with Gasteiger partial charge in [0, 0.05) is 6.08 Å². The molecular weight excluding hydrogens is 280 g/mol. The van der Waals surface area contributed by atoms with E-state index in [1.165, 1.54) is 6.08 Å². The first-order valence-electron chi connectivity index (χ1n) is 7.45. The van der Waals surface area contributed by atoms with Crippen molar-refractivity contribution >= 4 is 12.0 Å². The predicted octanol–water partition coefficient (Wildman–Crippen LogP) is 2.02. The van der Waals surface area contributed by atoms with Gasteiger partial charge in [-0.05, 0) is 36.6 Å². The number of benzene rings is 1. The average Bonchev–Trinajstić information content (AvgIpc) is 2.54. The lowest BCUT2D eigenvalue weighted by Gasteiger charge is -2.27. The van der Waals surface area contributed by atoms with Gasteiger partial charge in [0.1, 0.15) is 11.8 Å². The van der Waals surface area contributed by atoms with Gasteiger partial charge in [-0.2, -0.15) is 5.26 Å². The van der Waals surface area contributed by atoms with Gasteiger partial charge in [0.2, 0.25) is 5.91 Å². The van der Waals surface area contributed by atoms with E-state index in [1.54, 1.807) is 18.2 Å². The lowest BCUT2D eigenvalue weighted by molar-refractivity contribution is -0.118. The lowest BCUT2D eigenvalue weighted by atomic mass is 9.92. The third-order valence-electron chi connectivity index (χ3n) is 3.67. The van der Waals surface area contributed by atoms with Crippen molar-refractivity contribution in [3.8, 4) is 11.8 Å². The largest absolute Gasteiger partial charge is 0.479 e. The van der Waals surface area contributed by atoms with Gasteiger partial charge in [-0.3, -0.25) is 4.79 Å². The van der Waals surface area contributed by atoms with Crippen LogP contribution in [-0.4, -0.2) is 29.8 Å². The van der Waals surface area contributed by atoms with Crippen LogP contribution < -0.4 is 10.1 Å². The first-order valence-corrected chi connectivity index (χ1v) is 7.45. The van der Waals surface area contributed by atoms with Crippen molar-refractivity contribution in [2.45, 2.75) is 37.8 Å². The molecule has 2 rings (SSSR count).